The van der Waals surface area contributed by atoms with Crippen molar-refractivity contribution in [3.05, 3.63) is 91.9 Å². The molecule has 0 spiro atoms. The van der Waals surface area contributed by atoms with E-state index in [4.69, 9.17) is 21.7 Å². The monoisotopic (exact) mass is 614 g/mol. The number of hydrogen-bond acceptors (Lipinski definition) is 5. The summed E-state index contributed by atoms with van der Waals surface area (Å²) in [7, 11) is 1.53. The first-order valence-electron chi connectivity index (χ1n) is 10.5. The second-order valence-corrected chi connectivity index (χ2v) is 9.89. The smallest absolute Gasteiger partial charge is 0.270 e. The molecule has 9 heteroatoms. The molecule has 1 aliphatic rings. The Kier molecular flexibility index (Phi) is 7.69. The van der Waals surface area contributed by atoms with Crippen LogP contribution in [0.3, 0.4) is 0 Å². The van der Waals surface area contributed by atoms with Gasteiger partial charge in [-0.15, -0.1) is 0 Å². The Morgan fingerprint density at radius 3 is 2.54 bits per heavy atom. The van der Waals surface area contributed by atoms with Crippen molar-refractivity contribution in [3.63, 3.8) is 0 Å². The minimum absolute atomic E-state index is 0.0328. The topological polar surface area (TPSA) is 67.9 Å². The van der Waals surface area contributed by atoms with Crippen molar-refractivity contribution < 1.29 is 19.1 Å². The normalized spacial score (nSPS) is 14.8. The number of nitrogens with one attached hydrogen (secondary N) is 1. The maximum absolute atomic E-state index is 13.2. The van der Waals surface area contributed by atoms with Crippen molar-refractivity contribution in [2.45, 2.75) is 13.5 Å². The average Bonchev–Trinajstić information content (AvgIpc) is 2.81. The van der Waals surface area contributed by atoms with Gasteiger partial charge in [0.1, 0.15) is 12.2 Å². The van der Waals surface area contributed by atoms with Crippen LogP contribution in [0, 0.1) is 6.92 Å². The van der Waals surface area contributed by atoms with Crippen molar-refractivity contribution in [1.82, 2.24) is 5.32 Å². The van der Waals surface area contributed by atoms with Gasteiger partial charge < -0.3 is 9.47 Å². The zero-order valence-corrected chi connectivity index (χ0v) is 22.8. The molecule has 3 aromatic carbocycles. The standard InChI is InChI=1S/C26H20Br2N2O4S/c1-15-4-3-5-19(10-15)30-25(32)20(24(31)29-26(30)35)11-16-6-9-22(23(12-16)33-2)34-14-17-7-8-18(27)13-21(17)28/h3-13H,14H2,1-2H3,(H,29,31,35)/b20-11+. The van der Waals surface area contributed by atoms with Crippen LogP contribution in [-0.2, 0) is 16.2 Å². The predicted molar refractivity (Wildman–Crippen MR) is 147 cm³/mol. The Bertz CT molecular complexity index is 1370. The van der Waals surface area contributed by atoms with Gasteiger partial charge in [-0.1, -0.05) is 56.1 Å². The third kappa shape index (κ3) is 5.63. The lowest BCUT2D eigenvalue weighted by Crippen LogP contribution is -2.54. The molecule has 1 N–H and O–H groups in total. The fourth-order valence-electron chi connectivity index (χ4n) is 3.51. The van der Waals surface area contributed by atoms with Gasteiger partial charge in [-0.05, 0) is 72.7 Å². The molecule has 1 heterocycles. The van der Waals surface area contributed by atoms with Crippen LogP contribution in [0.2, 0.25) is 0 Å². The summed E-state index contributed by atoms with van der Waals surface area (Å²) >= 11 is 12.2. The predicted octanol–water partition coefficient (Wildman–Crippen LogP) is 5.94. The summed E-state index contributed by atoms with van der Waals surface area (Å²) < 4.78 is 13.3. The Morgan fingerprint density at radius 2 is 1.83 bits per heavy atom. The van der Waals surface area contributed by atoms with Crippen molar-refractivity contribution in [1.29, 1.82) is 0 Å². The third-order valence-corrected chi connectivity index (χ3v) is 6.77. The summed E-state index contributed by atoms with van der Waals surface area (Å²) in [6.45, 7) is 2.25. The van der Waals surface area contributed by atoms with Crippen molar-refractivity contribution in [2.24, 2.45) is 0 Å². The number of hydrogen-bond donors (Lipinski definition) is 1. The van der Waals surface area contributed by atoms with Crippen molar-refractivity contribution in [3.8, 4) is 11.5 Å². The van der Waals surface area contributed by atoms with Crippen LogP contribution < -0.4 is 19.7 Å². The highest BCUT2D eigenvalue weighted by molar-refractivity contribution is 9.11. The third-order valence-electron chi connectivity index (χ3n) is 5.26. The average molecular weight is 616 g/mol. The van der Waals surface area contributed by atoms with Crippen LogP contribution >= 0.6 is 44.1 Å². The van der Waals surface area contributed by atoms with Crippen LogP contribution in [0.15, 0.2) is 75.2 Å². The van der Waals surface area contributed by atoms with E-state index in [9.17, 15) is 9.59 Å². The van der Waals surface area contributed by atoms with E-state index < -0.39 is 11.8 Å². The molecule has 0 bridgehead atoms. The number of methoxy groups -OCH3 is 1. The summed E-state index contributed by atoms with van der Waals surface area (Å²) in [5.41, 5.74) is 3.10. The molecule has 1 aliphatic heterocycles. The quantitative estimate of drug-likeness (QED) is 0.211. The first-order chi connectivity index (χ1) is 16.8. The van der Waals surface area contributed by atoms with E-state index in [1.807, 2.05) is 43.3 Å². The summed E-state index contributed by atoms with van der Waals surface area (Å²) in [6, 6.07) is 18.4. The van der Waals surface area contributed by atoms with Crippen LogP contribution in [0.1, 0.15) is 16.7 Å². The van der Waals surface area contributed by atoms with E-state index >= 15 is 0 Å². The number of amides is 2. The van der Waals surface area contributed by atoms with Gasteiger partial charge >= 0.3 is 0 Å². The molecule has 2 amide bonds. The van der Waals surface area contributed by atoms with Crippen molar-refractivity contribution in [2.75, 3.05) is 12.0 Å². The summed E-state index contributed by atoms with van der Waals surface area (Å²) in [5.74, 6) is -0.0409. The lowest BCUT2D eigenvalue weighted by molar-refractivity contribution is -0.122. The van der Waals surface area contributed by atoms with E-state index in [1.54, 1.807) is 24.3 Å². The maximum Gasteiger partial charge on any atom is 0.270 e. The molecular weight excluding hydrogens is 596 g/mol. The molecule has 178 valence electrons. The van der Waals surface area contributed by atoms with Crippen LogP contribution in [0.5, 0.6) is 11.5 Å². The van der Waals surface area contributed by atoms with Crippen LogP contribution in [-0.4, -0.2) is 24.0 Å². The fraction of sp³-hybridized carbons (Fsp3) is 0.115. The van der Waals surface area contributed by atoms with Crippen molar-refractivity contribution >= 4 is 72.8 Å². The zero-order chi connectivity index (χ0) is 25.1. The van der Waals surface area contributed by atoms with Gasteiger partial charge in [-0.3, -0.25) is 19.8 Å². The number of thiocarbonyl (C=S) groups is 1. The Morgan fingerprint density at radius 1 is 1.03 bits per heavy atom. The number of halogens is 2. The Labute approximate surface area is 225 Å². The van der Waals surface area contributed by atoms with Gasteiger partial charge in [0.15, 0.2) is 16.6 Å². The van der Waals surface area contributed by atoms with Gasteiger partial charge in [-0.25, -0.2) is 0 Å². The lowest BCUT2D eigenvalue weighted by Gasteiger charge is -2.29. The van der Waals surface area contributed by atoms with E-state index in [1.165, 1.54) is 18.1 Å². The molecule has 6 nitrogen and oxygen atoms in total. The molecule has 0 radical (unpaired) electrons. The number of ether oxygens (including phenoxy) is 2. The largest absolute Gasteiger partial charge is 0.493 e. The molecule has 1 fully saturated rings. The zero-order valence-electron chi connectivity index (χ0n) is 18.8. The molecule has 0 atom stereocenters. The molecule has 4 rings (SSSR count). The van der Waals surface area contributed by atoms with Gasteiger partial charge in [0, 0.05) is 14.5 Å². The molecule has 0 unspecified atom stereocenters. The molecule has 1 saturated heterocycles. The number of carbonyl (C=O) groups excluding carboxylic acids is 2. The highest BCUT2D eigenvalue weighted by Gasteiger charge is 2.34. The summed E-state index contributed by atoms with van der Waals surface area (Å²) in [6.07, 6.45) is 1.51. The molecular formula is C26H20Br2N2O4S. The summed E-state index contributed by atoms with van der Waals surface area (Å²) in [4.78, 5) is 27.2. The number of carbonyl (C=O) groups is 2. The first kappa shape index (κ1) is 25.1. The molecule has 35 heavy (non-hydrogen) atoms. The Balaban J connectivity index is 1.59. The van der Waals surface area contributed by atoms with E-state index in [-0.39, 0.29) is 10.7 Å². The Hall–Kier alpha value is -3.01. The van der Waals surface area contributed by atoms with E-state index in [0.717, 1.165) is 20.1 Å². The summed E-state index contributed by atoms with van der Waals surface area (Å²) in [5, 5.41) is 2.65. The minimum Gasteiger partial charge on any atom is -0.493 e. The number of aryl methyl sites for hydroxylation is 1. The number of nitrogens with zero attached hydrogens (tertiary/aromatic N) is 1. The highest BCUT2D eigenvalue weighted by atomic mass is 79.9. The number of rotatable bonds is 6. The van der Waals surface area contributed by atoms with Gasteiger partial charge in [0.05, 0.1) is 12.8 Å². The van der Waals surface area contributed by atoms with Gasteiger partial charge in [0.25, 0.3) is 11.8 Å². The lowest BCUT2D eigenvalue weighted by atomic mass is 10.1. The van der Waals surface area contributed by atoms with E-state index in [0.29, 0.717) is 29.4 Å². The van der Waals surface area contributed by atoms with Crippen LogP contribution in [0.4, 0.5) is 5.69 Å². The second-order valence-electron chi connectivity index (χ2n) is 7.73. The number of benzene rings is 3. The molecule has 0 saturated carbocycles. The number of anilines is 1. The van der Waals surface area contributed by atoms with Gasteiger partial charge in [-0.2, -0.15) is 0 Å². The fourth-order valence-corrected chi connectivity index (χ4v) is 4.96. The van der Waals surface area contributed by atoms with Crippen LogP contribution in [0.25, 0.3) is 6.08 Å². The first-order valence-corrected chi connectivity index (χ1v) is 12.5. The highest BCUT2D eigenvalue weighted by Crippen LogP contribution is 2.32. The minimum atomic E-state index is -0.553. The second kappa shape index (κ2) is 10.7. The van der Waals surface area contributed by atoms with E-state index in [2.05, 4.69) is 37.2 Å². The van der Waals surface area contributed by atoms with Gasteiger partial charge in [0.2, 0.25) is 0 Å². The maximum atomic E-state index is 13.2. The molecule has 0 aromatic heterocycles. The SMILES string of the molecule is COc1cc(/C=C2\C(=O)NC(=S)N(c3cccc(C)c3)C2=O)ccc1OCc1ccc(Br)cc1Br. The molecule has 3 aromatic rings. The molecule has 0 aliphatic carbocycles.